The molecule has 0 bridgehead atoms. The zero-order valence-electron chi connectivity index (χ0n) is 5.82. The molecule has 0 aromatic carbocycles. The summed E-state index contributed by atoms with van der Waals surface area (Å²) in [6.45, 7) is 0. The summed E-state index contributed by atoms with van der Waals surface area (Å²) in [6.07, 6.45) is 1.48. The smallest absolute Gasteiger partial charge is 0.288 e. The van der Waals surface area contributed by atoms with Crippen molar-refractivity contribution in [2.75, 3.05) is 0 Å². The Balaban J connectivity index is 2.84. The summed E-state index contributed by atoms with van der Waals surface area (Å²) in [5, 5.41) is 0.210. The van der Waals surface area contributed by atoms with Gasteiger partial charge in [0.1, 0.15) is 0 Å². The van der Waals surface area contributed by atoms with Gasteiger partial charge in [-0.05, 0) is 17.6 Å². The summed E-state index contributed by atoms with van der Waals surface area (Å²) < 4.78 is 3.82. The van der Waals surface area contributed by atoms with Crippen LogP contribution in [-0.2, 0) is 0 Å². The second kappa shape index (κ2) is 4.15. The van der Waals surface area contributed by atoms with E-state index in [1.807, 2.05) is 5.43 Å². The average molecular weight is 205 g/mol. The molecule has 0 aliphatic rings. The van der Waals surface area contributed by atoms with Gasteiger partial charge in [0.2, 0.25) is 5.01 Å². The second-order valence-corrected chi connectivity index (χ2v) is 2.73. The third kappa shape index (κ3) is 2.00. The van der Waals surface area contributed by atoms with Crippen molar-refractivity contribution in [2.45, 2.75) is 0 Å². The third-order valence-corrected chi connectivity index (χ3v) is 1.83. The normalized spacial score (nSPS) is 10.5. The lowest BCUT2D eigenvalue weighted by molar-refractivity contribution is 0.0953. The van der Waals surface area contributed by atoms with Crippen molar-refractivity contribution >= 4 is 35.1 Å². The van der Waals surface area contributed by atoms with Crippen LogP contribution in [0.15, 0.2) is 5.54 Å². The maximum atomic E-state index is 10.8. The summed E-state index contributed by atoms with van der Waals surface area (Å²) in [4.78, 5) is 14.7. The van der Waals surface area contributed by atoms with E-state index in [2.05, 4.69) is 9.36 Å². The summed E-state index contributed by atoms with van der Waals surface area (Å²) in [5.41, 5.74) is 3.22. The Morgan fingerprint density at radius 1 is 1.75 bits per heavy atom. The Labute approximate surface area is 77.4 Å². The molecule has 0 spiro atoms. The van der Waals surface area contributed by atoms with Crippen LogP contribution in [0.2, 0.25) is 0 Å². The summed E-state index contributed by atoms with van der Waals surface area (Å²) >= 11 is 6.24. The number of hydrogen-bond acceptors (Lipinski definition) is 5. The van der Waals surface area contributed by atoms with Gasteiger partial charge >= 0.3 is 0 Å². The molecule has 7 heteroatoms. The Morgan fingerprint density at radius 2 is 2.50 bits per heavy atom. The molecule has 0 fully saturated rings. The summed E-state index contributed by atoms with van der Waals surface area (Å²) in [5.74, 6) is 4.82. The topological polar surface area (TPSA) is 80.9 Å². The standard InChI is InChI=1S/C5H5ClN4OS/c6-2-1-3-8-5(12-10-3)4(11)9-7/h1-2H,7H2,(H,9,11). The number of carbonyl (C=O) groups is 1. The number of rotatable bonds is 2. The fourth-order valence-corrected chi connectivity index (χ4v) is 1.18. The molecule has 0 radical (unpaired) electrons. The van der Waals surface area contributed by atoms with Crippen molar-refractivity contribution in [1.29, 1.82) is 0 Å². The van der Waals surface area contributed by atoms with Gasteiger partial charge < -0.3 is 0 Å². The van der Waals surface area contributed by atoms with Crippen molar-refractivity contribution in [1.82, 2.24) is 14.8 Å². The zero-order chi connectivity index (χ0) is 8.97. The van der Waals surface area contributed by atoms with Crippen LogP contribution in [0, 0.1) is 0 Å². The minimum absolute atomic E-state index is 0.210. The molecule has 1 aromatic rings. The van der Waals surface area contributed by atoms with E-state index in [-0.39, 0.29) is 5.01 Å². The van der Waals surface area contributed by atoms with E-state index in [9.17, 15) is 4.79 Å². The van der Waals surface area contributed by atoms with Crippen LogP contribution in [0.4, 0.5) is 0 Å². The molecule has 0 aliphatic heterocycles. The number of halogens is 1. The predicted molar refractivity (Wildman–Crippen MR) is 46.4 cm³/mol. The SMILES string of the molecule is NNC(=O)c1nc(C=CCl)ns1. The van der Waals surface area contributed by atoms with Gasteiger partial charge in [-0.2, -0.15) is 4.37 Å². The number of nitrogens with one attached hydrogen (secondary N) is 1. The van der Waals surface area contributed by atoms with Crippen LogP contribution in [0.25, 0.3) is 6.08 Å². The van der Waals surface area contributed by atoms with Gasteiger partial charge in [-0.1, -0.05) is 11.6 Å². The van der Waals surface area contributed by atoms with Gasteiger partial charge in [0.15, 0.2) is 5.82 Å². The number of nitrogens with two attached hydrogens (primary N) is 1. The molecule has 1 heterocycles. The summed E-state index contributed by atoms with van der Waals surface area (Å²) in [7, 11) is 0. The highest BCUT2D eigenvalue weighted by atomic mass is 35.5. The van der Waals surface area contributed by atoms with Crippen molar-refractivity contribution < 1.29 is 4.79 Å². The van der Waals surface area contributed by atoms with E-state index in [1.54, 1.807) is 0 Å². The van der Waals surface area contributed by atoms with Gasteiger partial charge in [0.25, 0.3) is 5.91 Å². The molecule has 1 rings (SSSR count). The molecule has 0 unspecified atom stereocenters. The molecule has 0 saturated heterocycles. The molecule has 12 heavy (non-hydrogen) atoms. The second-order valence-electron chi connectivity index (χ2n) is 1.72. The van der Waals surface area contributed by atoms with Crippen LogP contribution in [0.1, 0.15) is 15.6 Å². The minimum Gasteiger partial charge on any atom is -0.288 e. The molecule has 5 nitrogen and oxygen atoms in total. The fraction of sp³-hybridized carbons (Fsp3) is 0. The van der Waals surface area contributed by atoms with E-state index >= 15 is 0 Å². The van der Waals surface area contributed by atoms with Crippen LogP contribution in [-0.4, -0.2) is 15.3 Å². The largest absolute Gasteiger partial charge is 0.295 e. The van der Waals surface area contributed by atoms with Crippen LogP contribution in [0.5, 0.6) is 0 Å². The van der Waals surface area contributed by atoms with Gasteiger partial charge in [0.05, 0.1) is 0 Å². The lowest BCUT2D eigenvalue weighted by Crippen LogP contribution is -2.29. The van der Waals surface area contributed by atoms with Crippen LogP contribution < -0.4 is 11.3 Å². The van der Waals surface area contributed by atoms with E-state index < -0.39 is 5.91 Å². The Hall–Kier alpha value is -0.980. The van der Waals surface area contributed by atoms with Gasteiger partial charge in [-0.25, -0.2) is 10.8 Å². The Morgan fingerprint density at radius 3 is 3.08 bits per heavy atom. The van der Waals surface area contributed by atoms with E-state index in [0.717, 1.165) is 11.5 Å². The van der Waals surface area contributed by atoms with E-state index in [4.69, 9.17) is 17.4 Å². The number of hydrogen-bond donors (Lipinski definition) is 2. The maximum Gasteiger partial charge on any atom is 0.295 e. The summed E-state index contributed by atoms with van der Waals surface area (Å²) in [6, 6.07) is 0. The first-order chi connectivity index (χ1) is 5.77. The lowest BCUT2D eigenvalue weighted by atomic mass is 10.6. The number of hydrazine groups is 1. The molecule has 64 valence electrons. The van der Waals surface area contributed by atoms with Crippen molar-refractivity contribution in [3.63, 3.8) is 0 Å². The first-order valence-electron chi connectivity index (χ1n) is 2.89. The molecule has 1 aromatic heterocycles. The fourth-order valence-electron chi connectivity index (χ4n) is 0.513. The van der Waals surface area contributed by atoms with Crippen LogP contribution in [0.3, 0.4) is 0 Å². The first-order valence-corrected chi connectivity index (χ1v) is 4.10. The predicted octanol–water partition coefficient (Wildman–Crippen LogP) is 0.351. The van der Waals surface area contributed by atoms with Crippen molar-refractivity contribution in [3.05, 3.63) is 16.4 Å². The third-order valence-electron chi connectivity index (χ3n) is 0.979. The molecule has 1 amide bonds. The zero-order valence-corrected chi connectivity index (χ0v) is 7.39. The number of nitrogen functional groups attached to an aromatic ring is 1. The number of carbonyl (C=O) groups excluding carboxylic acids is 1. The van der Waals surface area contributed by atoms with Gasteiger partial charge in [-0.15, -0.1) is 0 Å². The average Bonchev–Trinajstić information content (AvgIpc) is 2.52. The maximum absolute atomic E-state index is 10.8. The highest BCUT2D eigenvalue weighted by Crippen LogP contribution is 2.05. The number of aromatic nitrogens is 2. The molecule has 3 N–H and O–H groups in total. The van der Waals surface area contributed by atoms with Gasteiger partial charge in [0, 0.05) is 5.54 Å². The van der Waals surface area contributed by atoms with Gasteiger partial charge in [-0.3, -0.25) is 10.2 Å². The van der Waals surface area contributed by atoms with E-state index in [1.165, 1.54) is 11.6 Å². The minimum atomic E-state index is -0.457. The Bertz CT molecular complexity index is 310. The van der Waals surface area contributed by atoms with Crippen molar-refractivity contribution in [3.8, 4) is 0 Å². The Kier molecular flexibility index (Phi) is 3.15. The van der Waals surface area contributed by atoms with Crippen molar-refractivity contribution in [2.24, 2.45) is 5.84 Å². The number of amides is 1. The number of nitrogens with zero attached hydrogens (tertiary/aromatic N) is 2. The highest BCUT2D eigenvalue weighted by Gasteiger charge is 2.08. The molecular weight excluding hydrogens is 200 g/mol. The quantitative estimate of drug-likeness (QED) is 0.414. The van der Waals surface area contributed by atoms with Crippen LogP contribution >= 0.6 is 23.1 Å². The molecule has 0 aliphatic carbocycles. The lowest BCUT2D eigenvalue weighted by Gasteiger charge is -1.88. The first kappa shape index (κ1) is 9.11. The molecular formula is C5H5ClN4OS. The monoisotopic (exact) mass is 204 g/mol. The highest BCUT2D eigenvalue weighted by molar-refractivity contribution is 7.07. The molecule has 0 atom stereocenters. The van der Waals surface area contributed by atoms with E-state index in [0.29, 0.717) is 5.82 Å². The molecule has 0 saturated carbocycles.